The van der Waals surface area contributed by atoms with Crippen LogP contribution in [0.15, 0.2) is 0 Å². The van der Waals surface area contributed by atoms with Crippen molar-refractivity contribution in [3.63, 3.8) is 0 Å². The largest absolute Gasteiger partial charge is 0.381 e. The van der Waals surface area contributed by atoms with Gasteiger partial charge in [0.2, 0.25) is 0 Å². The van der Waals surface area contributed by atoms with Crippen molar-refractivity contribution in [1.29, 1.82) is 0 Å². The third kappa shape index (κ3) is 15.6. The fraction of sp³-hybridized carbons (Fsp3) is 0.875. The standard InChI is InChI=1S/C16H30O5S/c1-3-5-6-7-8-9-10-11-12-13-14-20-21-22(17,18)16-15-19-4-2/h3-12,15-16H2,1-2H3. The van der Waals surface area contributed by atoms with Gasteiger partial charge in [-0.1, -0.05) is 57.8 Å². The molecule has 0 aromatic rings. The van der Waals surface area contributed by atoms with Crippen LogP contribution in [0, 0.1) is 12.0 Å². The second-order valence-corrected chi connectivity index (χ2v) is 6.77. The second-order valence-electron chi connectivity index (χ2n) is 5.11. The topological polar surface area (TPSA) is 61.8 Å². The highest BCUT2D eigenvalue weighted by molar-refractivity contribution is 7.86. The molecule has 0 saturated heterocycles. The van der Waals surface area contributed by atoms with Gasteiger partial charge >= 0.3 is 10.1 Å². The highest BCUT2D eigenvalue weighted by atomic mass is 32.2. The average molecular weight is 334 g/mol. The van der Waals surface area contributed by atoms with Gasteiger partial charge in [0.15, 0.2) is 6.11 Å². The molecule has 0 atom stereocenters. The summed E-state index contributed by atoms with van der Waals surface area (Å²) in [6, 6.07) is 0. The summed E-state index contributed by atoms with van der Waals surface area (Å²) >= 11 is 0. The molecule has 0 amide bonds. The van der Waals surface area contributed by atoms with E-state index in [1.54, 1.807) is 6.92 Å². The van der Waals surface area contributed by atoms with Crippen molar-refractivity contribution in [2.24, 2.45) is 0 Å². The zero-order valence-corrected chi connectivity index (χ0v) is 14.8. The summed E-state index contributed by atoms with van der Waals surface area (Å²) in [5, 5.41) is 0. The number of hydrogen-bond donors (Lipinski definition) is 0. The van der Waals surface area contributed by atoms with Gasteiger partial charge in [0.05, 0.1) is 6.61 Å². The van der Waals surface area contributed by atoms with Crippen LogP contribution in [0.1, 0.15) is 71.6 Å². The molecule has 0 fully saturated rings. The van der Waals surface area contributed by atoms with Crippen molar-refractivity contribution >= 4 is 10.1 Å². The Labute approximate surface area is 135 Å². The van der Waals surface area contributed by atoms with E-state index in [1.807, 2.05) is 0 Å². The molecule has 0 aliphatic carbocycles. The van der Waals surface area contributed by atoms with Crippen molar-refractivity contribution in [2.45, 2.75) is 71.6 Å². The van der Waals surface area contributed by atoms with E-state index >= 15 is 0 Å². The molecule has 0 heterocycles. The molecule has 0 aromatic carbocycles. The van der Waals surface area contributed by atoms with Crippen molar-refractivity contribution in [1.82, 2.24) is 0 Å². The minimum absolute atomic E-state index is 0.0911. The Morgan fingerprint density at radius 1 is 0.909 bits per heavy atom. The Hall–Kier alpha value is -0.770. The molecule has 130 valence electrons. The minimum atomic E-state index is -3.72. The predicted octanol–water partition coefficient (Wildman–Crippen LogP) is 3.79. The van der Waals surface area contributed by atoms with Gasteiger partial charge in [0.25, 0.3) is 0 Å². The van der Waals surface area contributed by atoms with Crippen molar-refractivity contribution in [3.8, 4) is 12.0 Å². The number of rotatable bonds is 14. The first-order valence-electron chi connectivity index (χ1n) is 8.25. The first kappa shape index (κ1) is 21.2. The maximum atomic E-state index is 11.3. The zero-order valence-electron chi connectivity index (χ0n) is 13.9. The summed E-state index contributed by atoms with van der Waals surface area (Å²) in [5.74, 6) is 2.51. The monoisotopic (exact) mass is 334 g/mol. The lowest BCUT2D eigenvalue weighted by Gasteiger charge is -2.01. The number of hydrogen-bond acceptors (Lipinski definition) is 5. The first-order valence-corrected chi connectivity index (χ1v) is 9.83. The van der Waals surface area contributed by atoms with E-state index in [4.69, 9.17) is 4.74 Å². The smallest absolute Gasteiger partial charge is 0.306 e. The highest BCUT2D eigenvalue weighted by Crippen LogP contribution is 2.09. The molecule has 0 rings (SSSR count). The van der Waals surface area contributed by atoms with Crippen LogP contribution in [0.2, 0.25) is 0 Å². The Morgan fingerprint density at radius 3 is 2.18 bits per heavy atom. The zero-order chi connectivity index (χ0) is 16.5. The van der Waals surface area contributed by atoms with Crippen LogP contribution in [-0.2, 0) is 24.1 Å². The molecule has 0 aromatic heterocycles. The van der Waals surface area contributed by atoms with Crippen LogP contribution in [0.5, 0.6) is 0 Å². The van der Waals surface area contributed by atoms with Gasteiger partial charge in [0, 0.05) is 13.0 Å². The van der Waals surface area contributed by atoms with Crippen LogP contribution >= 0.6 is 0 Å². The summed E-state index contributed by atoms with van der Waals surface area (Å²) in [6.45, 7) is 4.57. The first-order chi connectivity index (χ1) is 10.6. The van der Waals surface area contributed by atoms with Gasteiger partial charge in [-0.05, 0) is 17.7 Å². The lowest BCUT2D eigenvalue weighted by Crippen LogP contribution is -2.14. The van der Waals surface area contributed by atoms with E-state index < -0.39 is 10.1 Å². The Kier molecular flexibility index (Phi) is 14.6. The van der Waals surface area contributed by atoms with Crippen LogP contribution in [-0.4, -0.2) is 27.4 Å². The molecule has 0 aliphatic rings. The van der Waals surface area contributed by atoms with Crippen molar-refractivity contribution in [3.05, 3.63) is 0 Å². The fourth-order valence-corrected chi connectivity index (χ4v) is 2.36. The molecular formula is C16H30O5S. The summed E-state index contributed by atoms with van der Waals surface area (Å²) in [4.78, 5) is 4.40. The van der Waals surface area contributed by atoms with Crippen LogP contribution in [0.4, 0.5) is 0 Å². The normalized spacial score (nSPS) is 11.0. The molecule has 0 aliphatic heterocycles. The Balaban J connectivity index is 3.45. The molecule has 0 N–H and O–H groups in total. The van der Waals surface area contributed by atoms with Gasteiger partial charge in [0.1, 0.15) is 5.75 Å². The highest BCUT2D eigenvalue weighted by Gasteiger charge is 2.11. The van der Waals surface area contributed by atoms with Crippen LogP contribution in [0.25, 0.3) is 0 Å². The van der Waals surface area contributed by atoms with E-state index in [9.17, 15) is 8.42 Å². The van der Waals surface area contributed by atoms with Gasteiger partial charge < -0.3 is 4.74 Å². The lowest BCUT2D eigenvalue weighted by molar-refractivity contribution is -0.127. The SMILES string of the molecule is CCCCCCCCCCC#COOS(=O)(=O)CCOCC. The predicted molar refractivity (Wildman–Crippen MR) is 87.5 cm³/mol. The maximum Gasteiger partial charge on any atom is 0.306 e. The third-order valence-corrected chi connectivity index (χ3v) is 4.03. The molecule has 0 spiro atoms. The lowest BCUT2D eigenvalue weighted by atomic mass is 10.1. The van der Waals surface area contributed by atoms with Crippen molar-refractivity contribution in [2.75, 3.05) is 19.0 Å². The fourth-order valence-electron chi connectivity index (χ4n) is 1.84. The Bertz CT molecular complexity index is 394. The molecule has 0 unspecified atom stereocenters. The van der Waals surface area contributed by atoms with Crippen LogP contribution in [0.3, 0.4) is 0 Å². The van der Waals surface area contributed by atoms with Gasteiger partial charge in [-0.2, -0.15) is 8.42 Å². The Morgan fingerprint density at radius 2 is 1.55 bits per heavy atom. The van der Waals surface area contributed by atoms with E-state index in [0.717, 1.165) is 12.8 Å². The second kappa shape index (κ2) is 15.1. The molecule has 6 heteroatoms. The average Bonchev–Trinajstić information content (AvgIpc) is 2.48. The summed E-state index contributed by atoms with van der Waals surface area (Å²) in [5.41, 5.74) is 0. The third-order valence-electron chi connectivity index (χ3n) is 3.09. The minimum Gasteiger partial charge on any atom is -0.381 e. The van der Waals surface area contributed by atoms with E-state index in [2.05, 4.69) is 28.2 Å². The van der Waals surface area contributed by atoms with E-state index in [0.29, 0.717) is 13.0 Å². The molecule has 0 saturated carbocycles. The molecular weight excluding hydrogens is 304 g/mol. The summed E-state index contributed by atoms with van der Waals surface area (Å²) < 4.78 is 31.8. The van der Waals surface area contributed by atoms with Gasteiger partial charge in [-0.3, -0.25) is 4.89 Å². The number of unbranched alkanes of at least 4 members (excludes halogenated alkanes) is 8. The van der Waals surface area contributed by atoms with E-state index in [-0.39, 0.29) is 12.4 Å². The quantitative estimate of drug-likeness (QED) is 0.209. The molecule has 0 bridgehead atoms. The number of ether oxygens (including phenoxy) is 1. The van der Waals surface area contributed by atoms with E-state index in [1.165, 1.54) is 38.5 Å². The summed E-state index contributed by atoms with van der Waals surface area (Å²) in [6.07, 6.45) is 12.9. The maximum absolute atomic E-state index is 11.3. The van der Waals surface area contributed by atoms with Gasteiger partial charge in [-0.25, -0.2) is 0 Å². The summed E-state index contributed by atoms with van der Waals surface area (Å²) in [7, 11) is -3.72. The van der Waals surface area contributed by atoms with Crippen LogP contribution < -0.4 is 0 Å². The molecule has 5 nitrogen and oxygen atoms in total. The molecule has 22 heavy (non-hydrogen) atoms. The van der Waals surface area contributed by atoms with Gasteiger partial charge in [-0.15, -0.1) is 0 Å². The molecule has 0 radical (unpaired) electrons. The van der Waals surface area contributed by atoms with Crippen molar-refractivity contribution < 1.29 is 22.4 Å².